The third-order valence-corrected chi connectivity index (χ3v) is 6.07. The number of anilines is 1. The highest BCUT2D eigenvalue weighted by molar-refractivity contribution is 9.10. The number of thiazole rings is 1. The average molecular weight is 477 g/mol. The summed E-state index contributed by atoms with van der Waals surface area (Å²) in [6.45, 7) is 0. The number of tetrazole rings is 1. The van der Waals surface area contributed by atoms with E-state index in [-0.39, 0.29) is 11.7 Å². The van der Waals surface area contributed by atoms with Crippen LogP contribution in [0, 0.1) is 0 Å². The Morgan fingerprint density at radius 2 is 2.11 bits per heavy atom. The van der Waals surface area contributed by atoms with Gasteiger partial charge >= 0.3 is 0 Å². The van der Waals surface area contributed by atoms with Crippen LogP contribution >= 0.6 is 39.0 Å². The number of amides is 1. The molecule has 0 unspecified atom stereocenters. The normalized spacial score (nSPS) is 10.9. The van der Waals surface area contributed by atoms with Gasteiger partial charge in [0.05, 0.1) is 28.8 Å². The van der Waals surface area contributed by atoms with E-state index in [1.807, 2.05) is 42.5 Å². The predicted molar refractivity (Wildman–Crippen MR) is 112 cm³/mol. The Bertz CT molecular complexity index is 1130. The number of carbonyl (C=O) groups excluding carboxylic acids is 1. The number of ether oxygens (including phenoxy) is 1. The molecule has 4 rings (SSSR count). The molecule has 0 aliphatic heterocycles. The minimum atomic E-state index is -0.179. The van der Waals surface area contributed by atoms with Gasteiger partial charge in [-0.1, -0.05) is 39.0 Å². The molecule has 0 saturated heterocycles. The van der Waals surface area contributed by atoms with Crippen molar-refractivity contribution >= 4 is 60.3 Å². The van der Waals surface area contributed by atoms with Crippen LogP contribution < -0.4 is 10.1 Å². The molecule has 8 nitrogen and oxygen atoms in total. The number of benzene rings is 2. The summed E-state index contributed by atoms with van der Waals surface area (Å²) in [5.41, 5.74) is 1.63. The number of rotatable bonds is 6. The first-order chi connectivity index (χ1) is 13.6. The van der Waals surface area contributed by atoms with Crippen molar-refractivity contribution in [2.24, 2.45) is 0 Å². The molecule has 0 atom stereocenters. The Labute approximate surface area is 176 Å². The summed E-state index contributed by atoms with van der Waals surface area (Å²) < 4.78 is 8.71. The molecule has 0 aliphatic carbocycles. The Hall–Kier alpha value is -2.50. The molecular formula is C17H13BrN6O2S2. The van der Waals surface area contributed by atoms with Crippen molar-refractivity contribution in [1.29, 1.82) is 0 Å². The quantitative estimate of drug-likeness (QED) is 0.423. The van der Waals surface area contributed by atoms with Crippen molar-refractivity contribution in [2.75, 3.05) is 18.2 Å². The Kier molecular flexibility index (Phi) is 5.55. The summed E-state index contributed by atoms with van der Waals surface area (Å²) in [7, 11) is 1.62. The number of hydrogen-bond acceptors (Lipinski definition) is 8. The molecule has 0 bridgehead atoms. The minimum Gasteiger partial charge on any atom is -0.497 e. The van der Waals surface area contributed by atoms with Crippen LogP contribution in [0.5, 0.6) is 5.75 Å². The number of thioether (sulfide) groups is 1. The van der Waals surface area contributed by atoms with Crippen molar-refractivity contribution in [3.05, 3.63) is 46.9 Å². The Balaban J connectivity index is 1.41. The minimum absolute atomic E-state index is 0.163. The summed E-state index contributed by atoms with van der Waals surface area (Å²) >= 11 is 6.05. The first-order valence-corrected chi connectivity index (χ1v) is 10.6. The summed E-state index contributed by atoms with van der Waals surface area (Å²) in [5.74, 6) is 0.738. The molecule has 0 spiro atoms. The highest BCUT2D eigenvalue weighted by atomic mass is 79.9. The van der Waals surface area contributed by atoms with Crippen molar-refractivity contribution < 1.29 is 9.53 Å². The molecular weight excluding hydrogens is 464 g/mol. The van der Waals surface area contributed by atoms with E-state index in [4.69, 9.17) is 4.74 Å². The van der Waals surface area contributed by atoms with E-state index in [0.717, 1.165) is 26.1 Å². The number of methoxy groups -OCH3 is 1. The van der Waals surface area contributed by atoms with Crippen molar-refractivity contribution in [3.63, 3.8) is 0 Å². The molecule has 2 heterocycles. The van der Waals surface area contributed by atoms with Gasteiger partial charge in [-0.3, -0.25) is 4.79 Å². The van der Waals surface area contributed by atoms with E-state index in [9.17, 15) is 4.79 Å². The molecule has 0 radical (unpaired) electrons. The van der Waals surface area contributed by atoms with E-state index in [2.05, 4.69) is 41.8 Å². The lowest BCUT2D eigenvalue weighted by atomic mass is 10.3. The first kappa shape index (κ1) is 18.8. The molecule has 142 valence electrons. The molecule has 4 aromatic rings. The van der Waals surface area contributed by atoms with Gasteiger partial charge in [0.1, 0.15) is 5.75 Å². The fourth-order valence-electron chi connectivity index (χ4n) is 2.38. The zero-order valence-electron chi connectivity index (χ0n) is 14.5. The molecule has 11 heteroatoms. The van der Waals surface area contributed by atoms with Gasteiger partial charge in [-0.2, -0.15) is 4.68 Å². The summed E-state index contributed by atoms with van der Waals surface area (Å²) in [6, 6.07) is 13.2. The third kappa shape index (κ3) is 4.16. The summed E-state index contributed by atoms with van der Waals surface area (Å²) in [5, 5.41) is 15.6. The molecule has 28 heavy (non-hydrogen) atoms. The Morgan fingerprint density at radius 1 is 1.29 bits per heavy atom. The average Bonchev–Trinajstić information content (AvgIpc) is 3.32. The maximum atomic E-state index is 12.3. The van der Waals surface area contributed by atoms with Crippen LogP contribution in [-0.4, -0.2) is 44.0 Å². The number of carbonyl (C=O) groups is 1. The van der Waals surface area contributed by atoms with Crippen LogP contribution in [0.2, 0.25) is 0 Å². The van der Waals surface area contributed by atoms with Gasteiger partial charge in [0, 0.05) is 4.47 Å². The van der Waals surface area contributed by atoms with Gasteiger partial charge in [-0.25, -0.2) is 4.98 Å². The van der Waals surface area contributed by atoms with Gasteiger partial charge in [-0.15, -0.1) is 5.10 Å². The molecule has 0 fully saturated rings. The predicted octanol–water partition coefficient (Wildman–Crippen LogP) is 3.77. The largest absolute Gasteiger partial charge is 0.497 e. The van der Waals surface area contributed by atoms with Crippen LogP contribution in [0.1, 0.15) is 0 Å². The number of nitrogens with zero attached hydrogens (tertiary/aromatic N) is 5. The van der Waals surface area contributed by atoms with Crippen LogP contribution in [-0.2, 0) is 4.79 Å². The van der Waals surface area contributed by atoms with Gasteiger partial charge in [0.2, 0.25) is 11.1 Å². The maximum absolute atomic E-state index is 12.3. The van der Waals surface area contributed by atoms with E-state index in [1.54, 1.807) is 11.8 Å². The van der Waals surface area contributed by atoms with Crippen molar-refractivity contribution in [1.82, 2.24) is 25.2 Å². The zero-order valence-corrected chi connectivity index (χ0v) is 17.7. The number of hydrogen-bond donors (Lipinski definition) is 1. The van der Waals surface area contributed by atoms with Crippen LogP contribution in [0.15, 0.2) is 52.1 Å². The van der Waals surface area contributed by atoms with E-state index in [0.29, 0.717) is 10.3 Å². The lowest BCUT2D eigenvalue weighted by Gasteiger charge is -2.04. The van der Waals surface area contributed by atoms with E-state index in [1.165, 1.54) is 23.1 Å². The zero-order chi connectivity index (χ0) is 19.5. The Morgan fingerprint density at radius 3 is 2.89 bits per heavy atom. The van der Waals surface area contributed by atoms with Gasteiger partial charge in [0.15, 0.2) is 5.13 Å². The molecule has 0 aliphatic rings. The molecule has 0 saturated carbocycles. The highest BCUT2D eigenvalue weighted by Gasteiger charge is 2.13. The molecule has 1 N–H and O–H groups in total. The highest BCUT2D eigenvalue weighted by Crippen LogP contribution is 2.29. The number of fused-ring (bicyclic) bond motifs is 1. The van der Waals surface area contributed by atoms with Crippen LogP contribution in [0.4, 0.5) is 5.13 Å². The monoisotopic (exact) mass is 476 g/mol. The second-order valence-corrected chi connectivity index (χ2v) is 8.43. The van der Waals surface area contributed by atoms with Gasteiger partial charge in [0.25, 0.3) is 0 Å². The fourth-order valence-corrected chi connectivity index (χ4v) is 4.25. The second-order valence-electron chi connectivity index (χ2n) is 5.54. The van der Waals surface area contributed by atoms with Gasteiger partial charge < -0.3 is 10.1 Å². The van der Waals surface area contributed by atoms with Crippen LogP contribution in [0.25, 0.3) is 15.9 Å². The molecule has 1 amide bonds. The van der Waals surface area contributed by atoms with Gasteiger partial charge in [-0.05, 0) is 52.9 Å². The van der Waals surface area contributed by atoms with E-state index >= 15 is 0 Å². The smallest absolute Gasteiger partial charge is 0.236 e. The SMILES string of the molecule is COc1ccc2nc(NC(=O)CSc3nnnn3-c3ccc(Br)cc3)sc2c1. The second kappa shape index (κ2) is 8.25. The summed E-state index contributed by atoms with van der Waals surface area (Å²) in [6.07, 6.45) is 0. The number of halogens is 1. The number of nitrogens with one attached hydrogen (secondary N) is 1. The first-order valence-electron chi connectivity index (χ1n) is 8.04. The molecule has 2 aromatic heterocycles. The third-order valence-electron chi connectivity index (χ3n) is 3.69. The molecule has 2 aromatic carbocycles. The number of aromatic nitrogens is 5. The topological polar surface area (TPSA) is 94.8 Å². The standard InChI is InChI=1S/C17H13BrN6O2S2/c1-26-12-6-7-13-14(8-12)28-16(19-13)20-15(25)9-27-17-21-22-23-24(17)11-4-2-10(18)3-5-11/h2-8H,9H2,1H3,(H,19,20,25). The van der Waals surface area contributed by atoms with Crippen LogP contribution in [0.3, 0.4) is 0 Å². The lowest BCUT2D eigenvalue weighted by molar-refractivity contribution is -0.113. The lowest BCUT2D eigenvalue weighted by Crippen LogP contribution is -2.14. The summed E-state index contributed by atoms with van der Waals surface area (Å²) in [4.78, 5) is 16.7. The van der Waals surface area contributed by atoms with E-state index < -0.39 is 0 Å². The van der Waals surface area contributed by atoms with Crippen molar-refractivity contribution in [3.8, 4) is 11.4 Å². The fraction of sp³-hybridized carbons (Fsp3) is 0.118. The van der Waals surface area contributed by atoms with Crippen molar-refractivity contribution in [2.45, 2.75) is 5.16 Å². The maximum Gasteiger partial charge on any atom is 0.236 e.